The highest BCUT2D eigenvalue weighted by Gasteiger charge is 2.31. The fourth-order valence-corrected chi connectivity index (χ4v) is 5.68. The van der Waals surface area contributed by atoms with E-state index in [0.717, 1.165) is 14.9 Å². The van der Waals surface area contributed by atoms with Crippen LogP contribution in [0.4, 0.5) is 0 Å². The van der Waals surface area contributed by atoms with Crippen molar-refractivity contribution in [2.45, 2.75) is 19.9 Å². The van der Waals surface area contributed by atoms with E-state index < -0.39 is 12.0 Å². The monoisotopic (exact) mass is 646 g/mol. The zero-order valence-corrected chi connectivity index (χ0v) is 24.2. The highest BCUT2D eigenvalue weighted by Crippen LogP contribution is 2.35. The number of hydrogen-bond acceptors (Lipinski definition) is 8. The summed E-state index contributed by atoms with van der Waals surface area (Å²) in [5.41, 5.74) is 1.50. The van der Waals surface area contributed by atoms with Gasteiger partial charge in [0.25, 0.3) is 5.56 Å². The van der Waals surface area contributed by atoms with E-state index >= 15 is 0 Å². The molecular weight excluding hydrogens is 619 g/mol. The molecule has 0 spiro atoms. The number of carbonyl (C=O) groups is 1. The Bertz CT molecular complexity index is 1570. The molecule has 198 valence electrons. The largest absolute Gasteiger partial charge is 0.490 e. The smallest absolute Gasteiger partial charge is 0.337 e. The third-order valence-electron chi connectivity index (χ3n) is 5.62. The van der Waals surface area contributed by atoms with Gasteiger partial charge in [0.1, 0.15) is 12.4 Å². The average molecular weight is 647 g/mol. The molecule has 0 amide bonds. The lowest BCUT2D eigenvalue weighted by atomic mass is 9.97. The minimum atomic E-state index is -0.745. The molecule has 0 radical (unpaired) electrons. The van der Waals surface area contributed by atoms with Crippen LogP contribution in [-0.4, -0.2) is 37.5 Å². The third kappa shape index (κ3) is 5.70. The van der Waals surface area contributed by atoms with Gasteiger partial charge in [-0.1, -0.05) is 36.1 Å². The summed E-state index contributed by atoms with van der Waals surface area (Å²) < 4.78 is 25.1. The molecule has 0 bridgehead atoms. The zero-order chi connectivity index (χ0) is 27.2. The molecule has 1 aliphatic rings. The fourth-order valence-electron chi connectivity index (χ4n) is 4.01. The minimum Gasteiger partial charge on any atom is -0.490 e. The second-order valence-corrected chi connectivity index (χ2v) is 10.2. The van der Waals surface area contributed by atoms with Gasteiger partial charge in [0, 0.05) is 6.20 Å². The van der Waals surface area contributed by atoms with Crippen LogP contribution in [-0.2, 0) is 9.53 Å². The normalized spacial score (nSPS) is 14.7. The molecule has 8 nitrogen and oxygen atoms in total. The lowest BCUT2D eigenvalue weighted by molar-refractivity contribution is -0.136. The van der Waals surface area contributed by atoms with Crippen molar-refractivity contribution in [2.75, 3.05) is 26.9 Å². The fraction of sp³-hybridized carbons (Fsp3) is 0.250. The van der Waals surface area contributed by atoms with Gasteiger partial charge in [-0.25, -0.2) is 9.79 Å². The number of fused-ring (bicyclic) bond motifs is 1. The number of ether oxygens (including phenoxy) is 4. The lowest BCUT2D eigenvalue weighted by Crippen LogP contribution is -2.39. The number of halogens is 1. The number of aromatic nitrogens is 1. The number of hydrogen-bond donors (Lipinski definition) is 0. The molecule has 0 N–H and O–H groups in total. The quantitative estimate of drug-likeness (QED) is 0.188. The Kier molecular flexibility index (Phi) is 9.05. The van der Waals surface area contributed by atoms with Crippen molar-refractivity contribution in [3.63, 3.8) is 0 Å². The Morgan fingerprint density at radius 1 is 1.11 bits per heavy atom. The van der Waals surface area contributed by atoms with Crippen LogP contribution in [0.25, 0.3) is 6.08 Å². The molecule has 0 aliphatic carbocycles. The zero-order valence-electron chi connectivity index (χ0n) is 21.2. The summed E-state index contributed by atoms with van der Waals surface area (Å²) in [6, 6.07) is 10.3. The van der Waals surface area contributed by atoms with Crippen molar-refractivity contribution in [1.29, 1.82) is 0 Å². The number of esters is 1. The van der Waals surface area contributed by atoms with Crippen molar-refractivity contribution in [3.05, 3.63) is 95.2 Å². The van der Waals surface area contributed by atoms with Gasteiger partial charge >= 0.3 is 5.97 Å². The second-order valence-electron chi connectivity index (χ2n) is 8.04. The molecule has 1 aliphatic heterocycles. The summed E-state index contributed by atoms with van der Waals surface area (Å²) in [6.07, 6.45) is 4.97. The Morgan fingerprint density at radius 2 is 1.84 bits per heavy atom. The van der Waals surface area contributed by atoms with Crippen molar-refractivity contribution in [2.24, 2.45) is 4.99 Å². The molecule has 0 unspecified atom stereocenters. The van der Waals surface area contributed by atoms with Gasteiger partial charge in [-0.3, -0.25) is 9.36 Å². The molecule has 10 heteroatoms. The van der Waals surface area contributed by atoms with Crippen LogP contribution in [0.5, 0.6) is 17.2 Å². The molecule has 0 saturated carbocycles. The number of benzene rings is 2. The highest BCUT2D eigenvalue weighted by atomic mass is 127. The number of thiazole rings is 1. The molecule has 38 heavy (non-hydrogen) atoms. The van der Waals surface area contributed by atoms with Gasteiger partial charge in [0.2, 0.25) is 0 Å². The number of nitrogens with zero attached hydrogens (tertiary/aromatic N) is 2. The van der Waals surface area contributed by atoms with E-state index in [4.69, 9.17) is 18.9 Å². The van der Waals surface area contributed by atoms with E-state index in [-0.39, 0.29) is 11.1 Å². The van der Waals surface area contributed by atoms with Gasteiger partial charge in [-0.05, 0) is 77.9 Å². The van der Waals surface area contributed by atoms with Crippen molar-refractivity contribution in [3.8, 4) is 17.2 Å². The Labute approximate surface area is 237 Å². The van der Waals surface area contributed by atoms with E-state index in [1.807, 2.05) is 44.2 Å². The van der Waals surface area contributed by atoms with E-state index in [1.54, 1.807) is 18.2 Å². The Balaban J connectivity index is 1.84. The molecular formula is C28H27IN2O6S. The summed E-state index contributed by atoms with van der Waals surface area (Å²) in [4.78, 5) is 31.4. The van der Waals surface area contributed by atoms with Crippen LogP contribution in [0, 0.1) is 3.57 Å². The van der Waals surface area contributed by atoms with E-state index in [9.17, 15) is 9.59 Å². The van der Waals surface area contributed by atoms with Crippen LogP contribution in [0.2, 0.25) is 0 Å². The molecule has 1 aromatic heterocycles. The highest BCUT2D eigenvalue weighted by molar-refractivity contribution is 14.1. The first kappa shape index (κ1) is 27.6. The van der Waals surface area contributed by atoms with Crippen LogP contribution in [0.1, 0.15) is 31.0 Å². The first-order chi connectivity index (χ1) is 18.4. The molecule has 4 rings (SSSR count). The Morgan fingerprint density at radius 3 is 2.53 bits per heavy atom. The van der Waals surface area contributed by atoms with E-state index in [1.165, 1.54) is 29.2 Å². The first-order valence-corrected chi connectivity index (χ1v) is 13.8. The maximum absolute atomic E-state index is 13.7. The van der Waals surface area contributed by atoms with Gasteiger partial charge in [-0.2, -0.15) is 0 Å². The summed E-state index contributed by atoms with van der Waals surface area (Å²) >= 11 is 3.45. The predicted molar refractivity (Wildman–Crippen MR) is 155 cm³/mol. The van der Waals surface area contributed by atoms with Crippen molar-refractivity contribution >= 4 is 46.0 Å². The summed E-state index contributed by atoms with van der Waals surface area (Å²) in [6.45, 7) is 8.76. The number of rotatable bonds is 10. The van der Waals surface area contributed by atoms with Crippen LogP contribution in [0.15, 0.2) is 70.6 Å². The Hall–Kier alpha value is -3.38. The van der Waals surface area contributed by atoms with Gasteiger partial charge in [-0.15, -0.1) is 0 Å². The second kappa shape index (κ2) is 12.4. The van der Waals surface area contributed by atoms with Crippen LogP contribution >= 0.6 is 33.9 Å². The topological polar surface area (TPSA) is 88.3 Å². The minimum absolute atomic E-state index is 0.247. The average Bonchev–Trinajstić information content (AvgIpc) is 3.23. The summed E-state index contributed by atoms with van der Waals surface area (Å²) in [5, 5.41) is 0. The number of carbonyl (C=O) groups excluding carboxylic acids is 1. The van der Waals surface area contributed by atoms with Crippen LogP contribution in [0.3, 0.4) is 0 Å². The van der Waals surface area contributed by atoms with E-state index in [2.05, 4.69) is 34.2 Å². The summed E-state index contributed by atoms with van der Waals surface area (Å²) in [7, 11) is 1.30. The maximum Gasteiger partial charge on any atom is 0.337 e. The molecule has 2 aromatic carbocycles. The van der Waals surface area contributed by atoms with Crippen molar-refractivity contribution < 1.29 is 23.7 Å². The maximum atomic E-state index is 13.7. The SMILES string of the molecule is C=CCOc1ccc(/C=c2\sc3n(c2=O)[C@H](c2ccc(OCC)c(OCC)c2)C(C(=O)OC)=CN=3)cc1I. The molecule has 0 saturated heterocycles. The molecule has 3 aromatic rings. The van der Waals surface area contributed by atoms with E-state index in [0.29, 0.717) is 46.2 Å². The van der Waals surface area contributed by atoms with Crippen molar-refractivity contribution in [1.82, 2.24) is 4.57 Å². The van der Waals surface area contributed by atoms with Gasteiger partial charge in [0.05, 0.1) is 40.0 Å². The predicted octanol–water partition coefficient (Wildman–Crippen LogP) is 3.98. The lowest BCUT2D eigenvalue weighted by Gasteiger charge is -2.23. The molecule has 0 fully saturated rings. The standard InChI is InChI=1S/C28H27IN2O6S/c1-5-12-37-21-10-8-17(13-20(21)29)14-24-26(32)31-25(19(27(33)34-4)16-30-28(31)38-24)18-9-11-22(35-6-2)23(15-18)36-7-3/h5,8-11,13-16,25H,1,6-7,12H2,2-4H3/b24-14-/t25-/m1/s1. The third-order valence-corrected chi connectivity index (χ3v) is 7.46. The van der Waals surface area contributed by atoms with Gasteiger partial charge in [0.15, 0.2) is 16.3 Å². The first-order valence-electron chi connectivity index (χ1n) is 11.9. The number of methoxy groups -OCH3 is 1. The molecule has 1 atom stereocenters. The molecule has 2 heterocycles. The summed E-state index contributed by atoms with van der Waals surface area (Å²) in [5.74, 6) is 1.30. The van der Waals surface area contributed by atoms with Gasteiger partial charge < -0.3 is 18.9 Å². The van der Waals surface area contributed by atoms with Crippen LogP contribution < -0.4 is 29.1 Å².